The van der Waals surface area contributed by atoms with Gasteiger partial charge in [-0.15, -0.1) is 0 Å². The maximum absolute atomic E-state index is 9.37. The Morgan fingerprint density at radius 2 is 2.19 bits per heavy atom. The van der Waals surface area contributed by atoms with Crippen LogP contribution >= 0.6 is 11.6 Å². The molecule has 3 nitrogen and oxygen atoms in total. The van der Waals surface area contributed by atoms with Gasteiger partial charge < -0.3 is 4.90 Å². The normalized spacial score (nSPS) is 12.8. The van der Waals surface area contributed by atoms with Crippen LogP contribution in [-0.2, 0) is 19.4 Å². The van der Waals surface area contributed by atoms with Gasteiger partial charge in [0.2, 0.25) is 0 Å². The molecule has 1 heterocycles. The Labute approximate surface area is 129 Å². The highest BCUT2D eigenvalue weighted by Crippen LogP contribution is 2.27. The van der Waals surface area contributed by atoms with Gasteiger partial charge in [0.05, 0.1) is 5.56 Å². The number of anilines is 1. The molecule has 21 heavy (non-hydrogen) atoms. The molecule has 106 valence electrons. The molecule has 0 amide bonds. The number of hydrogen-bond acceptors (Lipinski definition) is 3. The minimum Gasteiger partial charge on any atom is -0.354 e. The van der Waals surface area contributed by atoms with Crippen LogP contribution in [0.2, 0.25) is 5.02 Å². The minimum absolute atomic E-state index is 0.653. The van der Waals surface area contributed by atoms with Gasteiger partial charge in [0.25, 0.3) is 0 Å². The van der Waals surface area contributed by atoms with Gasteiger partial charge in [-0.2, -0.15) is 5.26 Å². The van der Waals surface area contributed by atoms with Gasteiger partial charge in [0.1, 0.15) is 11.9 Å². The van der Waals surface area contributed by atoms with Gasteiger partial charge in [-0.05, 0) is 48.6 Å². The summed E-state index contributed by atoms with van der Waals surface area (Å²) < 4.78 is 0. The molecule has 0 saturated carbocycles. The second-order valence-corrected chi connectivity index (χ2v) is 5.85. The van der Waals surface area contributed by atoms with Crippen molar-refractivity contribution in [1.82, 2.24) is 4.98 Å². The molecule has 1 aliphatic carbocycles. The molecule has 1 aliphatic rings. The lowest BCUT2D eigenvalue weighted by molar-refractivity contribution is 0.872. The molecule has 1 aromatic heterocycles. The van der Waals surface area contributed by atoms with Crippen LogP contribution in [0.5, 0.6) is 0 Å². The van der Waals surface area contributed by atoms with Crippen LogP contribution in [0, 0.1) is 11.3 Å². The van der Waals surface area contributed by atoms with Gasteiger partial charge in [-0.1, -0.05) is 23.7 Å². The van der Waals surface area contributed by atoms with Gasteiger partial charge >= 0.3 is 0 Å². The third-order valence-electron chi connectivity index (χ3n) is 3.82. The van der Waals surface area contributed by atoms with Crippen molar-refractivity contribution in [3.05, 3.63) is 57.7 Å². The summed E-state index contributed by atoms with van der Waals surface area (Å²) in [4.78, 5) is 6.73. The van der Waals surface area contributed by atoms with Crippen molar-refractivity contribution in [2.24, 2.45) is 0 Å². The van der Waals surface area contributed by atoms with Crippen molar-refractivity contribution in [2.75, 3.05) is 11.9 Å². The molecule has 0 bridgehead atoms. The molecule has 0 radical (unpaired) electrons. The first kappa shape index (κ1) is 13.9. The fourth-order valence-corrected chi connectivity index (χ4v) is 3.03. The summed E-state index contributed by atoms with van der Waals surface area (Å²) in [6, 6.07) is 12.0. The Kier molecular flexibility index (Phi) is 3.81. The first-order valence-corrected chi connectivity index (χ1v) is 7.43. The SMILES string of the molecule is CN(Cc1cccc(Cl)c1)c1nc2c(cc1C#N)CCC2. The maximum atomic E-state index is 9.37. The van der Waals surface area contributed by atoms with Crippen molar-refractivity contribution in [3.8, 4) is 6.07 Å². The highest BCUT2D eigenvalue weighted by molar-refractivity contribution is 6.30. The third-order valence-corrected chi connectivity index (χ3v) is 4.06. The molecule has 0 N–H and O–H groups in total. The van der Waals surface area contributed by atoms with Crippen LogP contribution in [0.1, 0.15) is 28.8 Å². The van der Waals surface area contributed by atoms with Crippen molar-refractivity contribution in [3.63, 3.8) is 0 Å². The van der Waals surface area contributed by atoms with Crippen LogP contribution in [0.25, 0.3) is 0 Å². The van der Waals surface area contributed by atoms with E-state index in [1.54, 1.807) is 0 Å². The average Bonchev–Trinajstić information content (AvgIpc) is 2.93. The van der Waals surface area contributed by atoms with Crippen LogP contribution in [0.4, 0.5) is 5.82 Å². The summed E-state index contributed by atoms with van der Waals surface area (Å²) in [5.74, 6) is 0.762. The number of aryl methyl sites for hydroxylation is 2. The Hall–Kier alpha value is -2.05. The first-order valence-electron chi connectivity index (χ1n) is 7.06. The van der Waals surface area contributed by atoms with Gasteiger partial charge in [0.15, 0.2) is 0 Å². The first-order chi connectivity index (χ1) is 10.2. The van der Waals surface area contributed by atoms with Crippen LogP contribution < -0.4 is 4.90 Å². The molecule has 0 atom stereocenters. The zero-order valence-corrected chi connectivity index (χ0v) is 12.7. The van der Waals surface area contributed by atoms with E-state index in [0.29, 0.717) is 12.1 Å². The number of rotatable bonds is 3. The average molecular weight is 298 g/mol. The van der Waals surface area contributed by atoms with E-state index in [1.165, 1.54) is 5.56 Å². The summed E-state index contributed by atoms with van der Waals surface area (Å²) in [5.41, 5.74) is 4.13. The predicted octanol–water partition coefficient (Wildman–Crippen LogP) is 3.73. The summed E-state index contributed by atoms with van der Waals surface area (Å²) in [5, 5.41) is 10.1. The summed E-state index contributed by atoms with van der Waals surface area (Å²) in [6.45, 7) is 0.682. The maximum Gasteiger partial charge on any atom is 0.146 e. The summed E-state index contributed by atoms with van der Waals surface area (Å²) in [6.07, 6.45) is 3.18. The monoisotopic (exact) mass is 297 g/mol. The fourth-order valence-electron chi connectivity index (χ4n) is 2.82. The second-order valence-electron chi connectivity index (χ2n) is 5.42. The van der Waals surface area contributed by atoms with Gasteiger partial charge in [-0.3, -0.25) is 0 Å². The molecular formula is C17H16ClN3. The molecule has 0 aliphatic heterocycles. The molecule has 0 saturated heterocycles. The molecule has 2 aromatic rings. The van der Waals surface area contributed by atoms with Gasteiger partial charge in [0, 0.05) is 24.3 Å². The second kappa shape index (κ2) is 5.75. The van der Waals surface area contributed by atoms with Crippen LogP contribution in [0.3, 0.4) is 0 Å². The quantitative estimate of drug-likeness (QED) is 0.866. The number of aromatic nitrogens is 1. The van der Waals surface area contributed by atoms with Crippen molar-refractivity contribution in [2.45, 2.75) is 25.8 Å². The highest BCUT2D eigenvalue weighted by atomic mass is 35.5. The molecule has 0 spiro atoms. The molecular weight excluding hydrogens is 282 g/mol. The predicted molar refractivity (Wildman–Crippen MR) is 84.5 cm³/mol. The summed E-state index contributed by atoms with van der Waals surface area (Å²) in [7, 11) is 1.96. The molecule has 3 rings (SSSR count). The van der Waals surface area contributed by atoms with Crippen molar-refractivity contribution >= 4 is 17.4 Å². The smallest absolute Gasteiger partial charge is 0.146 e. The number of nitriles is 1. The molecule has 4 heteroatoms. The van der Waals surface area contributed by atoms with E-state index in [1.807, 2.05) is 42.3 Å². The minimum atomic E-state index is 0.653. The number of fused-ring (bicyclic) bond motifs is 1. The number of nitrogens with zero attached hydrogens (tertiary/aromatic N) is 3. The van der Waals surface area contributed by atoms with E-state index in [-0.39, 0.29) is 0 Å². The molecule has 0 fully saturated rings. The Morgan fingerprint density at radius 1 is 1.33 bits per heavy atom. The third kappa shape index (κ3) is 2.86. The number of hydrogen-bond donors (Lipinski definition) is 0. The molecule has 0 unspecified atom stereocenters. The number of pyridine rings is 1. The number of benzene rings is 1. The zero-order chi connectivity index (χ0) is 14.8. The Morgan fingerprint density at radius 3 is 2.95 bits per heavy atom. The largest absolute Gasteiger partial charge is 0.354 e. The van der Waals surface area contributed by atoms with Crippen molar-refractivity contribution < 1.29 is 0 Å². The lowest BCUT2D eigenvalue weighted by Crippen LogP contribution is -2.19. The standard InChI is InChI=1S/C17H16ClN3/c1-21(11-12-4-2-6-15(18)8-12)17-14(10-19)9-13-5-3-7-16(13)20-17/h2,4,6,8-9H,3,5,7,11H2,1H3. The van der Waals surface area contributed by atoms with E-state index in [4.69, 9.17) is 16.6 Å². The van der Waals surface area contributed by atoms with Gasteiger partial charge in [-0.25, -0.2) is 4.98 Å². The van der Waals surface area contributed by atoms with Crippen molar-refractivity contribution in [1.29, 1.82) is 5.26 Å². The van der Waals surface area contributed by atoms with E-state index < -0.39 is 0 Å². The van der Waals surface area contributed by atoms with Crippen LogP contribution in [-0.4, -0.2) is 12.0 Å². The Bertz CT molecular complexity index is 718. The zero-order valence-electron chi connectivity index (χ0n) is 11.9. The topological polar surface area (TPSA) is 39.9 Å². The number of halogens is 1. The van der Waals surface area contributed by atoms with E-state index in [2.05, 4.69) is 6.07 Å². The summed E-state index contributed by atoms with van der Waals surface area (Å²) >= 11 is 6.02. The molecule has 1 aromatic carbocycles. The fraction of sp³-hybridized carbons (Fsp3) is 0.294. The lowest BCUT2D eigenvalue weighted by atomic mass is 10.1. The Balaban J connectivity index is 1.91. The van der Waals surface area contributed by atoms with Crippen LogP contribution in [0.15, 0.2) is 30.3 Å². The lowest BCUT2D eigenvalue weighted by Gasteiger charge is -2.20. The van der Waals surface area contributed by atoms with E-state index >= 15 is 0 Å². The van der Waals surface area contributed by atoms with E-state index in [9.17, 15) is 5.26 Å². The van der Waals surface area contributed by atoms with E-state index in [0.717, 1.165) is 41.4 Å². The highest BCUT2D eigenvalue weighted by Gasteiger charge is 2.18.